The molecule has 3 heteroatoms. The van der Waals surface area contributed by atoms with Gasteiger partial charge in [-0.15, -0.1) is 0 Å². The maximum absolute atomic E-state index is 12.3. The number of rotatable bonds is 7. The summed E-state index contributed by atoms with van der Waals surface area (Å²) in [6, 6.07) is 7.79. The second-order valence-electron chi connectivity index (χ2n) is 5.77. The van der Waals surface area contributed by atoms with E-state index in [9.17, 15) is 4.79 Å². The van der Waals surface area contributed by atoms with Crippen molar-refractivity contribution in [3.8, 4) is 5.75 Å². The predicted octanol–water partition coefficient (Wildman–Crippen LogP) is 4.61. The van der Waals surface area contributed by atoms with Crippen LogP contribution in [-0.2, 0) is 9.53 Å². The SMILES string of the molecule is C=C1c2ccccc2O[C@H](C(=O)OCC)[C@@H]1CCCCCC. The van der Waals surface area contributed by atoms with Crippen molar-refractivity contribution >= 4 is 11.5 Å². The maximum Gasteiger partial charge on any atom is 0.347 e. The lowest BCUT2D eigenvalue weighted by molar-refractivity contribution is -0.153. The number of esters is 1. The van der Waals surface area contributed by atoms with Crippen LogP contribution in [0, 0.1) is 5.92 Å². The van der Waals surface area contributed by atoms with Crippen molar-refractivity contribution in [2.45, 2.75) is 52.1 Å². The van der Waals surface area contributed by atoms with Gasteiger partial charge in [-0.3, -0.25) is 0 Å². The van der Waals surface area contributed by atoms with Gasteiger partial charge in [-0.1, -0.05) is 57.4 Å². The van der Waals surface area contributed by atoms with Crippen LogP contribution in [0.15, 0.2) is 30.8 Å². The van der Waals surface area contributed by atoms with E-state index < -0.39 is 6.10 Å². The number of unbranched alkanes of at least 4 members (excludes halogenated alkanes) is 3. The van der Waals surface area contributed by atoms with Gasteiger partial charge >= 0.3 is 5.97 Å². The molecule has 0 N–H and O–H groups in total. The van der Waals surface area contributed by atoms with Crippen molar-refractivity contribution in [3.63, 3.8) is 0 Å². The molecular formula is C19H26O3. The van der Waals surface area contributed by atoms with Crippen LogP contribution >= 0.6 is 0 Å². The minimum absolute atomic E-state index is 0.00538. The molecule has 0 saturated carbocycles. The number of carbonyl (C=O) groups is 1. The van der Waals surface area contributed by atoms with Gasteiger partial charge in [0.2, 0.25) is 6.10 Å². The first-order valence-corrected chi connectivity index (χ1v) is 8.30. The summed E-state index contributed by atoms with van der Waals surface area (Å²) < 4.78 is 11.1. The third kappa shape index (κ3) is 3.70. The molecule has 0 bridgehead atoms. The highest BCUT2D eigenvalue weighted by atomic mass is 16.6. The Hall–Kier alpha value is -1.77. The Balaban J connectivity index is 2.17. The first-order valence-electron chi connectivity index (χ1n) is 8.30. The number of benzene rings is 1. The van der Waals surface area contributed by atoms with Crippen LogP contribution in [-0.4, -0.2) is 18.7 Å². The molecule has 3 nitrogen and oxygen atoms in total. The van der Waals surface area contributed by atoms with Crippen molar-refractivity contribution in [1.82, 2.24) is 0 Å². The molecule has 1 aliphatic heterocycles. The monoisotopic (exact) mass is 302 g/mol. The smallest absolute Gasteiger partial charge is 0.347 e. The van der Waals surface area contributed by atoms with Gasteiger partial charge in [-0.2, -0.15) is 0 Å². The Morgan fingerprint density at radius 3 is 2.73 bits per heavy atom. The number of fused-ring (bicyclic) bond motifs is 1. The average molecular weight is 302 g/mol. The molecule has 0 aromatic heterocycles. The van der Waals surface area contributed by atoms with E-state index in [1.165, 1.54) is 19.3 Å². The Labute approximate surface area is 133 Å². The molecule has 2 rings (SSSR count). The molecule has 0 saturated heterocycles. The summed E-state index contributed by atoms with van der Waals surface area (Å²) in [6.45, 7) is 8.63. The zero-order valence-electron chi connectivity index (χ0n) is 13.6. The fourth-order valence-electron chi connectivity index (χ4n) is 2.99. The molecule has 0 radical (unpaired) electrons. The fraction of sp³-hybridized carbons (Fsp3) is 0.526. The quantitative estimate of drug-likeness (QED) is 0.545. The Morgan fingerprint density at radius 1 is 1.23 bits per heavy atom. The van der Waals surface area contributed by atoms with Crippen LogP contribution in [0.5, 0.6) is 5.75 Å². The third-order valence-electron chi connectivity index (χ3n) is 4.19. The lowest BCUT2D eigenvalue weighted by Gasteiger charge is -2.34. The van der Waals surface area contributed by atoms with E-state index in [2.05, 4.69) is 13.5 Å². The largest absolute Gasteiger partial charge is 0.477 e. The summed E-state index contributed by atoms with van der Waals surface area (Å²) in [6.07, 6.45) is 5.03. The number of hydrogen-bond acceptors (Lipinski definition) is 3. The molecule has 0 spiro atoms. The lowest BCUT2D eigenvalue weighted by Crippen LogP contribution is -2.40. The predicted molar refractivity (Wildman–Crippen MR) is 88.8 cm³/mol. The van der Waals surface area contributed by atoms with E-state index in [0.29, 0.717) is 6.61 Å². The van der Waals surface area contributed by atoms with Crippen LogP contribution in [0.2, 0.25) is 0 Å². The van der Waals surface area contributed by atoms with Crippen molar-refractivity contribution < 1.29 is 14.3 Å². The van der Waals surface area contributed by atoms with Crippen LogP contribution in [0.4, 0.5) is 0 Å². The lowest BCUT2D eigenvalue weighted by atomic mass is 9.82. The molecule has 2 atom stereocenters. The standard InChI is InChI=1S/C19H26O3/c1-4-6-7-8-12-16-14(3)15-11-9-10-13-17(15)22-18(16)19(20)21-5-2/h9-11,13,16,18H,3-8,12H2,1-2H3/t16-,18+/m1/s1. The number of para-hydroxylation sites is 1. The topological polar surface area (TPSA) is 35.5 Å². The van der Waals surface area contributed by atoms with Gasteiger partial charge in [0, 0.05) is 11.5 Å². The Morgan fingerprint density at radius 2 is 2.00 bits per heavy atom. The van der Waals surface area contributed by atoms with Crippen LogP contribution in [0.1, 0.15) is 51.5 Å². The molecular weight excluding hydrogens is 276 g/mol. The van der Waals surface area contributed by atoms with Gasteiger partial charge in [0.15, 0.2) is 0 Å². The van der Waals surface area contributed by atoms with Gasteiger partial charge in [-0.05, 0) is 25.0 Å². The van der Waals surface area contributed by atoms with Crippen molar-refractivity contribution in [2.24, 2.45) is 5.92 Å². The molecule has 1 aliphatic rings. The molecule has 120 valence electrons. The fourth-order valence-corrected chi connectivity index (χ4v) is 2.99. The summed E-state index contributed by atoms with van der Waals surface area (Å²) in [5.74, 6) is 0.458. The summed E-state index contributed by atoms with van der Waals surface area (Å²) in [5, 5.41) is 0. The number of ether oxygens (including phenoxy) is 2. The summed E-state index contributed by atoms with van der Waals surface area (Å²) in [7, 11) is 0. The van der Waals surface area contributed by atoms with Gasteiger partial charge < -0.3 is 9.47 Å². The highest BCUT2D eigenvalue weighted by Crippen LogP contribution is 2.41. The molecule has 0 aliphatic carbocycles. The Bertz CT molecular complexity index is 521. The minimum Gasteiger partial charge on any atom is -0.477 e. The van der Waals surface area contributed by atoms with E-state index in [1.54, 1.807) is 0 Å². The average Bonchev–Trinajstić information content (AvgIpc) is 2.53. The number of carbonyl (C=O) groups excluding carboxylic acids is 1. The molecule has 1 heterocycles. The highest BCUT2D eigenvalue weighted by Gasteiger charge is 2.38. The zero-order valence-corrected chi connectivity index (χ0v) is 13.6. The molecule has 1 aromatic rings. The molecule has 0 fully saturated rings. The first-order chi connectivity index (χ1) is 10.7. The molecule has 1 aromatic carbocycles. The third-order valence-corrected chi connectivity index (χ3v) is 4.19. The van der Waals surface area contributed by atoms with E-state index in [1.807, 2.05) is 31.2 Å². The summed E-state index contributed by atoms with van der Waals surface area (Å²) >= 11 is 0. The molecule has 0 amide bonds. The maximum atomic E-state index is 12.3. The molecule has 22 heavy (non-hydrogen) atoms. The van der Waals surface area contributed by atoms with E-state index >= 15 is 0 Å². The zero-order chi connectivity index (χ0) is 15.9. The highest BCUT2D eigenvalue weighted by molar-refractivity contribution is 5.83. The normalized spacial score (nSPS) is 20.2. The minimum atomic E-state index is -0.566. The first kappa shape index (κ1) is 16.6. The van der Waals surface area contributed by atoms with Gasteiger partial charge in [0.25, 0.3) is 0 Å². The van der Waals surface area contributed by atoms with Crippen LogP contribution in [0.3, 0.4) is 0 Å². The van der Waals surface area contributed by atoms with Gasteiger partial charge in [0.1, 0.15) is 5.75 Å². The van der Waals surface area contributed by atoms with Gasteiger partial charge in [-0.25, -0.2) is 4.79 Å². The second kappa shape index (κ2) is 8.02. The summed E-state index contributed by atoms with van der Waals surface area (Å²) in [5.41, 5.74) is 2.01. The Kier molecular flexibility index (Phi) is 6.05. The van der Waals surface area contributed by atoms with Gasteiger partial charge in [0.05, 0.1) is 6.61 Å². The van der Waals surface area contributed by atoms with Crippen molar-refractivity contribution in [2.75, 3.05) is 6.61 Å². The number of hydrogen-bond donors (Lipinski definition) is 0. The van der Waals surface area contributed by atoms with Crippen LogP contribution in [0.25, 0.3) is 5.57 Å². The van der Waals surface area contributed by atoms with E-state index in [4.69, 9.17) is 9.47 Å². The second-order valence-corrected chi connectivity index (χ2v) is 5.77. The van der Waals surface area contributed by atoms with Crippen LogP contribution < -0.4 is 4.74 Å². The van der Waals surface area contributed by atoms with Crippen molar-refractivity contribution in [3.05, 3.63) is 36.4 Å². The summed E-state index contributed by atoms with van der Waals surface area (Å²) in [4.78, 5) is 12.3. The molecule has 0 unspecified atom stereocenters. The van der Waals surface area contributed by atoms with E-state index in [-0.39, 0.29) is 11.9 Å². The van der Waals surface area contributed by atoms with E-state index in [0.717, 1.165) is 29.7 Å². The van der Waals surface area contributed by atoms with Crippen molar-refractivity contribution in [1.29, 1.82) is 0 Å².